The molecule has 0 amide bonds. The van der Waals surface area contributed by atoms with Gasteiger partial charge in [-0.25, -0.2) is 0 Å². The zero-order chi connectivity index (χ0) is 10.7. The molecule has 2 nitrogen and oxygen atoms in total. The lowest BCUT2D eigenvalue weighted by atomic mass is 9.86. The summed E-state index contributed by atoms with van der Waals surface area (Å²) in [5.74, 6) is 1.73. The Labute approximate surface area is 93.8 Å². The van der Waals surface area contributed by atoms with Gasteiger partial charge in [-0.1, -0.05) is 25.7 Å². The fraction of sp³-hybridized carbons (Fsp3) is 1.00. The van der Waals surface area contributed by atoms with Gasteiger partial charge in [0.2, 0.25) is 0 Å². The van der Waals surface area contributed by atoms with Crippen LogP contribution in [0.4, 0.5) is 0 Å². The molecule has 1 N–H and O–H groups in total. The minimum Gasteiger partial charge on any atom is -0.378 e. The average molecular weight is 211 g/mol. The highest BCUT2D eigenvalue weighted by molar-refractivity contribution is 4.86. The lowest BCUT2D eigenvalue weighted by molar-refractivity contribution is 0.0930. The fourth-order valence-corrected chi connectivity index (χ4v) is 3.39. The van der Waals surface area contributed by atoms with Crippen molar-refractivity contribution in [1.82, 2.24) is 5.32 Å². The molecule has 2 rings (SSSR count). The average Bonchev–Trinajstić information content (AvgIpc) is 2.85. The Morgan fingerprint density at radius 1 is 1.27 bits per heavy atom. The molecule has 2 fully saturated rings. The Bertz CT molecular complexity index is 189. The topological polar surface area (TPSA) is 21.3 Å². The van der Waals surface area contributed by atoms with E-state index in [2.05, 4.69) is 19.3 Å². The van der Waals surface area contributed by atoms with E-state index in [-0.39, 0.29) is 0 Å². The second-order valence-electron chi connectivity index (χ2n) is 5.31. The first-order valence-electron chi connectivity index (χ1n) is 6.60. The molecule has 1 saturated carbocycles. The molecule has 1 heterocycles. The molecule has 15 heavy (non-hydrogen) atoms. The quantitative estimate of drug-likeness (QED) is 0.771. The van der Waals surface area contributed by atoms with Crippen LogP contribution in [0, 0.1) is 11.8 Å². The number of ether oxygens (including phenoxy) is 1. The molecule has 0 aromatic heterocycles. The highest BCUT2D eigenvalue weighted by Gasteiger charge is 2.32. The van der Waals surface area contributed by atoms with Crippen molar-refractivity contribution >= 4 is 0 Å². The third-order valence-corrected chi connectivity index (χ3v) is 4.38. The predicted molar refractivity (Wildman–Crippen MR) is 62.9 cm³/mol. The second-order valence-corrected chi connectivity index (χ2v) is 5.31. The molecule has 1 saturated heterocycles. The summed E-state index contributed by atoms with van der Waals surface area (Å²) in [6.07, 6.45) is 8.91. The lowest BCUT2D eigenvalue weighted by Crippen LogP contribution is -2.38. The number of hydrogen-bond donors (Lipinski definition) is 1. The lowest BCUT2D eigenvalue weighted by Gasteiger charge is -2.27. The summed E-state index contributed by atoms with van der Waals surface area (Å²) in [4.78, 5) is 0. The van der Waals surface area contributed by atoms with Gasteiger partial charge >= 0.3 is 0 Å². The molecule has 0 bridgehead atoms. The van der Waals surface area contributed by atoms with Crippen molar-refractivity contribution in [3.63, 3.8) is 0 Å². The molecular formula is C13H25NO. The van der Waals surface area contributed by atoms with Crippen LogP contribution in [-0.4, -0.2) is 25.8 Å². The third kappa shape index (κ3) is 2.73. The summed E-state index contributed by atoms with van der Waals surface area (Å²) in [7, 11) is 2.12. The van der Waals surface area contributed by atoms with Gasteiger partial charge in [0.25, 0.3) is 0 Å². The van der Waals surface area contributed by atoms with Crippen LogP contribution in [0.15, 0.2) is 0 Å². The minimum atomic E-state index is 0.462. The summed E-state index contributed by atoms with van der Waals surface area (Å²) >= 11 is 0. The predicted octanol–water partition coefficient (Wildman–Crippen LogP) is 2.58. The monoisotopic (exact) mass is 211 g/mol. The van der Waals surface area contributed by atoms with Crippen molar-refractivity contribution in [2.75, 3.05) is 13.7 Å². The molecular weight excluding hydrogens is 186 g/mol. The Morgan fingerprint density at radius 2 is 2.00 bits per heavy atom. The van der Waals surface area contributed by atoms with Gasteiger partial charge in [0.1, 0.15) is 0 Å². The summed E-state index contributed by atoms with van der Waals surface area (Å²) in [6.45, 7) is 3.20. The standard InChI is InChI=1S/C13H25NO/c1-10-12(7-8-15-10)13(14-2)9-11-5-3-4-6-11/h10-14H,3-9H2,1-2H3. The van der Waals surface area contributed by atoms with Crippen LogP contribution in [0.5, 0.6) is 0 Å². The molecule has 88 valence electrons. The van der Waals surface area contributed by atoms with Crippen molar-refractivity contribution in [3.05, 3.63) is 0 Å². The number of rotatable bonds is 4. The molecule has 1 aliphatic heterocycles. The molecule has 0 spiro atoms. The van der Waals surface area contributed by atoms with Crippen molar-refractivity contribution in [2.45, 2.75) is 57.6 Å². The van der Waals surface area contributed by atoms with Crippen molar-refractivity contribution in [1.29, 1.82) is 0 Å². The van der Waals surface area contributed by atoms with Crippen LogP contribution in [-0.2, 0) is 4.74 Å². The number of hydrogen-bond acceptors (Lipinski definition) is 2. The molecule has 2 heteroatoms. The Balaban J connectivity index is 1.85. The first-order valence-corrected chi connectivity index (χ1v) is 6.60. The molecule has 3 atom stereocenters. The van der Waals surface area contributed by atoms with E-state index in [1.54, 1.807) is 0 Å². The van der Waals surface area contributed by atoms with Crippen LogP contribution in [0.2, 0.25) is 0 Å². The summed E-state index contributed by atoms with van der Waals surface area (Å²) in [5, 5.41) is 3.52. The van der Waals surface area contributed by atoms with Gasteiger partial charge in [-0.15, -0.1) is 0 Å². The highest BCUT2D eigenvalue weighted by Crippen LogP contribution is 2.33. The van der Waals surface area contributed by atoms with Crippen molar-refractivity contribution in [3.8, 4) is 0 Å². The molecule has 0 aromatic carbocycles. The summed E-state index contributed by atoms with van der Waals surface area (Å²) < 4.78 is 5.67. The van der Waals surface area contributed by atoms with E-state index in [1.165, 1.54) is 38.5 Å². The third-order valence-electron chi connectivity index (χ3n) is 4.38. The maximum absolute atomic E-state index is 5.67. The Hall–Kier alpha value is -0.0800. The van der Waals surface area contributed by atoms with E-state index >= 15 is 0 Å². The van der Waals surface area contributed by atoms with Gasteiger partial charge in [-0.05, 0) is 32.7 Å². The smallest absolute Gasteiger partial charge is 0.0590 e. The van der Waals surface area contributed by atoms with Crippen molar-refractivity contribution < 1.29 is 4.74 Å². The van der Waals surface area contributed by atoms with E-state index in [0.717, 1.165) is 18.4 Å². The van der Waals surface area contributed by atoms with E-state index in [4.69, 9.17) is 4.74 Å². The zero-order valence-corrected chi connectivity index (χ0v) is 10.2. The van der Waals surface area contributed by atoms with Gasteiger partial charge in [0.05, 0.1) is 6.10 Å². The molecule has 1 aliphatic carbocycles. The van der Waals surface area contributed by atoms with E-state index in [1.807, 2.05) is 0 Å². The molecule has 2 aliphatic rings. The van der Waals surface area contributed by atoms with Crippen LogP contribution < -0.4 is 5.32 Å². The summed E-state index contributed by atoms with van der Waals surface area (Å²) in [6, 6.07) is 0.686. The fourth-order valence-electron chi connectivity index (χ4n) is 3.39. The minimum absolute atomic E-state index is 0.462. The maximum atomic E-state index is 5.67. The largest absolute Gasteiger partial charge is 0.378 e. The first kappa shape index (κ1) is 11.4. The van der Waals surface area contributed by atoms with Crippen LogP contribution >= 0.6 is 0 Å². The Morgan fingerprint density at radius 3 is 2.53 bits per heavy atom. The van der Waals surface area contributed by atoms with Crippen molar-refractivity contribution in [2.24, 2.45) is 11.8 Å². The maximum Gasteiger partial charge on any atom is 0.0590 e. The van der Waals surface area contributed by atoms with Gasteiger partial charge in [0.15, 0.2) is 0 Å². The highest BCUT2D eigenvalue weighted by atomic mass is 16.5. The number of nitrogens with one attached hydrogen (secondary N) is 1. The normalized spacial score (nSPS) is 34.8. The molecule has 0 aromatic rings. The molecule has 3 unspecified atom stereocenters. The zero-order valence-electron chi connectivity index (χ0n) is 10.2. The summed E-state index contributed by atoms with van der Waals surface area (Å²) in [5.41, 5.74) is 0. The van der Waals surface area contributed by atoms with Gasteiger partial charge in [-0.3, -0.25) is 0 Å². The van der Waals surface area contributed by atoms with Crippen LogP contribution in [0.3, 0.4) is 0 Å². The first-order chi connectivity index (χ1) is 7.31. The van der Waals surface area contributed by atoms with E-state index in [9.17, 15) is 0 Å². The van der Waals surface area contributed by atoms with Gasteiger partial charge < -0.3 is 10.1 Å². The van der Waals surface area contributed by atoms with Crippen LogP contribution in [0.25, 0.3) is 0 Å². The van der Waals surface area contributed by atoms with Crippen LogP contribution in [0.1, 0.15) is 45.4 Å². The van der Waals surface area contributed by atoms with Gasteiger partial charge in [-0.2, -0.15) is 0 Å². The Kier molecular flexibility index (Phi) is 4.04. The second kappa shape index (κ2) is 5.31. The SMILES string of the molecule is CNC(CC1CCCC1)C1CCOC1C. The molecule has 0 radical (unpaired) electrons. The van der Waals surface area contributed by atoms with Gasteiger partial charge in [0, 0.05) is 18.6 Å². The van der Waals surface area contributed by atoms with E-state index in [0.29, 0.717) is 12.1 Å². The van der Waals surface area contributed by atoms with E-state index < -0.39 is 0 Å².